The highest BCUT2D eigenvalue weighted by atomic mass is 32.2. The maximum Gasteiger partial charge on any atom is 0.275 e. The van der Waals surface area contributed by atoms with Crippen LogP contribution in [0, 0.1) is 6.92 Å². The number of benzene rings is 1. The van der Waals surface area contributed by atoms with E-state index in [9.17, 15) is 13.2 Å². The summed E-state index contributed by atoms with van der Waals surface area (Å²) in [5.74, 6) is -0.488. The number of rotatable bonds is 2. The summed E-state index contributed by atoms with van der Waals surface area (Å²) >= 11 is 1.33. The zero-order valence-electron chi connectivity index (χ0n) is 14.8. The van der Waals surface area contributed by atoms with Gasteiger partial charge in [-0.3, -0.25) is 14.4 Å². The van der Waals surface area contributed by atoms with E-state index >= 15 is 0 Å². The lowest BCUT2D eigenvalue weighted by molar-refractivity contribution is -0.113. The molecule has 6 nitrogen and oxygen atoms in total. The van der Waals surface area contributed by atoms with E-state index in [0.29, 0.717) is 16.3 Å². The number of hydrogen-bond donors (Lipinski definition) is 1. The molecule has 0 unspecified atom stereocenters. The lowest BCUT2D eigenvalue weighted by atomic mass is 10.0. The lowest BCUT2D eigenvalue weighted by Crippen LogP contribution is -2.36. The molecule has 0 saturated heterocycles. The molecule has 2 aromatic rings. The topological polar surface area (TPSA) is 79.4 Å². The highest BCUT2D eigenvalue weighted by Gasteiger charge is 2.35. The minimum absolute atomic E-state index is 0.108. The predicted octanol–water partition coefficient (Wildman–Crippen LogP) is 3.48. The second kappa shape index (κ2) is 7.37. The smallest absolute Gasteiger partial charge is 0.275 e. The van der Waals surface area contributed by atoms with Crippen LogP contribution in [0.2, 0.25) is 0 Å². The minimum Gasteiger partial charge on any atom is -0.297 e. The highest BCUT2D eigenvalue weighted by molar-refractivity contribution is 7.89. The molecule has 0 atom stereocenters. The zero-order valence-corrected chi connectivity index (χ0v) is 16.5. The first-order chi connectivity index (χ1) is 11.8. The van der Waals surface area contributed by atoms with Crippen molar-refractivity contribution in [2.24, 2.45) is 0 Å². The summed E-state index contributed by atoms with van der Waals surface area (Å²) < 4.78 is 26.3. The Kier molecular flexibility index (Phi) is 5.64. The van der Waals surface area contributed by atoms with Gasteiger partial charge in [0.25, 0.3) is 15.9 Å². The van der Waals surface area contributed by atoms with Crippen molar-refractivity contribution in [3.05, 3.63) is 46.6 Å². The first-order valence-corrected chi connectivity index (χ1v) is 10.1. The Hall–Kier alpha value is -2.19. The zero-order chi connectivity index (χ0) is 18.8. The van der Waals surface area contributed by atoms with Gasteiger partial charge >= 0.3 is 0 Å². The van der Waals surface area contributed by atoms with Crippen molar-refractivity contribution in [2.75, 3.05) is 12.4 Å². The Morgan fingerprint density at radius 3 is 2.44 bits per heavy atom. The molecule has 1 aliphatic rings. The number of fused-ring (bicyclic) bond motifs is 1. The van der Waals surface area contributed by atoms with Crippen molar-refractivity contribution in [3.63, 3.8) is 0 Å². The summed E-state index contributed by atoms with van der Waals surface area (Å²) in [6.07, 6.45) is 1.65. The Morgan fingerprint density at radius 1 is 1.20 bits per heavy atom. The first-order valence-electron chi connectivity index (χ1n) is 7.85. The van der Waals surface area contributed by atoms with Gasteiger partial charge in [-0.2, -0.15) is 0 Å². The molecule has 3 rings (SSSR count). The summed E-state index contributed by atoms with van der Waals surface area (Å²) in [5.41, 5.74) is 1.27. The molecule has 0 saturated carbocycles. The molecular formula is C17H21N3O3S2. The van der Waals surface area contributed by atoms with E-state index in [1.807, 2.05) is 20.8 Å². The van der Waals surface area contributed by atoms with Crippen molar-refractivity contribution >= 4 is 38.0 Å². The Balaban J connectivity index is 0.00000109. The van der Waals surface area contributed by atoms with Crippen LogP contribution in [-0.2, 0) is 14.8 Å². The SMILES string of the molecule is CC.CC1=C(C(=O)Nc2ncc(C)s2)N(C)S(=O)(=O)c2ccccc21. The number of amides is 1. The molecule has 0 aliphatic carbocycles. The third-order valence-corrected chi connectivity index (χ3v) is 6.30. The van der Waals surface area contributed by atoms with Crippen molar-refractivity contribution in [3.8, 4) is 0 Å². The van der Waals surface area contributed by atoms with Gasteiger partial charge in [-0.15, -0.1) is 11.3 Å². The van der Waals surface area contributed by atoms with Crippen molar-refractivity contribution in [1.29, 1.82) is 0 Å². The predicted molar refractivity (Wildman–Crippen MR) is 101 cm³/mol. The number of hydrogen-bond acceptors (Lipinski definition) is 5. The summed E-state index contributed by atoms with van der Waals surface area (Å²) in [4.78, 5) is 17.8. The molecule has 134 valence electrons. The number of aryl methyl sites for hydroxylation is 1. The van der Waals surface area contributed by atoms with Gasteiger partial charge in [0.2, 0.25) is 0 Å². The van der Waals surface area contributed by atoms with Crippen molar-refractivity contribution in [1.82, 2.24) is 9.29 Å². The third kappa shape index (κ3) is 3.45. The van der Waals surface area contributed by atoms with Crippen LogP contribution >= 0.6 is 11.3 Å². The number of aromatic nitrogens is 1. The van der Waals surface area contributed by atoms with Gasteiger partial charge in [0.15, 0.2) is 5.13 Å². The van der Waals surface area contributed by atoms with E-state index < -0.39 is 15.9 Å². The average Bonchev–Trinajstić information content (AvgIpc) is 3.00. The number of nitrogens with zero attached hydrogens (tertiary/aromatic N) is 2. The van der Waals surface area contributed by atoms with E-state index in [0.717, 1.165) is 9.18 Å². The number of allylic oxidation sites excluding steroid dienone is 1. The van der Waals surface area contributed by atoms with E-state index in [1.165, 1.54) is 18.4 Å². The normalized spacial score (nSPS) is 15.2. The van der Waals surface area contributed by atoms with Crippen molar-refractivity contribution < 1.29 is 13.2 Å². The molecule has 1 N–H and O–H groups in total. The van der Waals surface area contributed by atoms with Gasteiger partial charge in [0, 0.05) is 23.7 Å². The standard InChI is InChI=1S/C15H15N3O3S2.C2H6/c1-9-8-16-15(22-9)17-14(19)13-10(2)11-6-4-5-7-12(11)23(20,21)18(13)3;1-2/h4-8H,1-3H3,(H,16,17,19);1-2H3. The quantitative estimate of drug-likeness (QED) is 0.866. The van der Waals surface area contributed by atoms with Crippen molar-refractivity contribution in [2.45, 2.75) is 32.6 Å². The van der Waals surface area contributed by atoms with E-state index in [1.54, 1.807) is 37.4 Å². The number of carbonyl (C=O) groups excluding carboxylic acids is 1. The van der Waals surface area contributed by atoms with Crippen LogP contribution in [-0.4, -0.2) is 30.7 Å². The van der Waals surface area contributed by atoms with Crippen LogP contribution in [0.5, 0.6) is 0 Å². The fraction of sp³-hybridized carbons (Fsp3) is 0.294. The van der Waals surface area contributed by atoms with Gasteiger partial charge in [-0.25, -0.2) is 13.4 Å². The average molecular weight is 380 g/mol. The molecule has 1 aromatic carbocycles. The maximum absolute atomic E-state index is 12.6. The fourth-order valence-corrected chi connectivity index (χ4v) is 4.68. The largest absolute Gasteiger partial charge is 0.297 e. The number of likely N-dealkylation sites (N-methyl/N-ethyl adjacent to an activating group) is 1. The van der Waals surface area contributed by atoms with Crippen LogP contribution < -0.4 is 5.32 Å². The van der Waals surface area contributed by atoms with Crippen LogP contribution in [0.4, 0.5) is 5.13 Å². The summed E-state index contributed by atoms with van der Waals surface area (Å²) in [7, 11) is -2.35. The van der Waals surface area contributed by atoms with Gasteiger partial charge in [0.05, 0.1) is 4.90 Å². The Labute approximate surface area is 152 Å². The summed E-state index contributed by atoms with van der Waals surface area (Å²) in [6, 6.07) is 6.67. The first kappa shape index (κ1) is 19.1. The summed E-state index contributed by atoms with van der Waals surface area (Å²) in [6.45, 7) is 7.62. The molecular weight excluding hydrogens is 358 g/mol. The maximum atomic E-state index is 12.6. The van der Waals surface area contributed by atoms with Gasteiger partial charge in [0.1, 0.15) is 5.70 Å². The number of sulfonamides is 1. The third-order valence-electron chi connectivity index (χ3n) is 3.66. The number of anilines is 1. The van der Waals surface area contributed by atoms with E-state index in [4.69, 9.17) is 0 Å². The molecule has 0 spiro atoms. The van der Waals surface area contributed by atoms with Gasteiger partial charge < -0.3 is 0 Å². The molecule has 0 fully saturated rings. The molecule has 2 heterocycles. The summed E-state index contributed by atoms with van der Waals surface area (Å²) in [5, 5.41) is 3.11. The van der Waals surface area contributed by atoms with E-state index in [-0.39, 0.29) is 10.6 Å². The van der Waals surface area contributed by atoms with Crippen LogP contribution in [0.15, 0.2) is 41.1 Å². The van der Waals surface area contributed by atoms with Crippen LogP contribution in [0.1, 0.15) is 31.2 Å². The molecule has 8 heteroatoms. The van der Waals surface area contributed by atoms with Gasteiger partial charge in [-0.1, -0.05) is 32.0 Å². The van der Waals surface area contributed by atoms with Gasteiger partial charge in [-0.05, 0) is 25.5 Å². The second-order valence-corrected chi connectivity index (χ2v) is 8.34. The Morgan fingerprint density at radius 2 is 1.84 bits per heavy atom. The highest BCUT2D eigenvalue weighted by Crippen LogP contribution is 2.35. The van der Waals surface area contributed by atoms with Crippen LogP contribution in [0.25, 0.3) is 5.57 Å². The molecule has 0 radical (unpaired) electrons. The molecule has 25 heavy (non-hydrogen) atoms. The molecule has 0 bridgehead atoms. The monoisotopic (exact) mass is 379 g/mol. The number of thiazole rings is 1. The number of carbonyl (C=O) groups is 1. The fourth-order valence-electron chi connectivity index (χ4n) is 2.51. The minimum atomic E-state index is -3.74. The Bertz CT molecular complexity index is 930. The number of nitrogens with one attached hydrogen (secondary N) is 1. The van der Waals surface area contributed by atoms with Crippen LogP contribution in [0.3, 0.4) is 0 Å². The molecule has 1 aliphatic heterocycles. The lowest BCUT2D eigenvalue weighted by Gasteiger charge is -2.29. The second-order valence-electron chi connectivity index (χ2n) is 5.17. The molecule has 1 aromatic heterocycles. The molecule has 1 amide bonds. The van der Waals surface area contributed by atoms with E-state index in [2.05, 4.69) is 10.3 Å².